The molecule has 0 bridgehead atoms. The van der Waals surface area contributed by atoms with E-state index in [9.17, 15) is 4.79 Å². The fraction of sp³-hybridized carbons (Fsp3) is 0.417. The first kappa shape index (κ1) is 10.0. The van der Waals surface area contributed by atoms with E-state index < -0.39 is 5.97 Å². The molecule has 1 aliphatic rings. The van der Waals surface area contributed by atoms with Crippen molar-refractivity contribution in [1.29, 1.82) is 0 Å². The summed E-state index contributed by atoms with van der Waals surface area (Å²) in [5, 5.41) is 8.82. The second-order valence-corrected chi connectivity index (χ2v) is 3.93. The Morgan fingerprint density at radius 3 is 3.13 bits per heavy atom. The Morgan fingerprint density at radius 1 is 1.60 bits per heavy atom. The van der Waals surface area contributed by atoms with E-state index in [0.717, 1.165) is 23.3 Å². The molecule has 15 heavy (non-hydrogen) atoms. The number of hydrogen-bond donors (Lipinski definition) is 1. The van der Waals surface area contributed by atoms with E-state index >= 15 is 0 Å². The zero-order chi connectivity index (χ0) is 10.8. The zero-order valence-electron chi connectivity index (χ0n) is 8.69. The number of hydrogen-bond acceptors (Lipinski definition) is 2. The molecule has 0 amide bonds. The number of aliphatic carboxylic acids is 1. The molecule has 3 nitrogen and oxygen atoms in total. The Hall–Kier alpha value is -1.51. The number of para-hydroxylation sites is 1. The quantitative estimate of drug-likeness (QED) is 0.807. The fourth-order valence-corrected chi connectivity index (χ4v) is 2.08. The topological polar surface area (TPSA) is 46.5 Å². The van der Waals surface area contributed by atoms with Crippen molar-refractivity contribution in [3.05, 3.63) is 29.3 Å². The van der Waals surface area contributed by atoms with E-state index in [1.165, 1.54) is 0 Å². The molecule has 2 rings (SSSR count). The monoisotopic (exact) mass is 206 g/mol. The van der Waals surface area contributed by atoms with Crippen molar-refractivity contribution in [2.24, 2.45) is 0 Å². The van der Waals surface area contributed by atoms with Gasteiger partial charge in [-0.1, -0.05) is 18.2 Å². The van der Waals surface area contributed by atoms with E-state index in [4.69, 9.17) is 9.84 Å². The first-order valence-corrected chi connectivity index (χ1v) is 5.12. The van der Waals surface area contributed by atoms with Crippen molar-refractivity contribution >= 4 is 5.97 Å². The van der Waals surface area contributed by atoms with E-state index in [2.05, 4.69) is 0 Å². The van der Waals surface area contributed by atoms with Crippen LogP contribution in [-0.2, 0) is 4.79 Å². The van der Waals surface area contributed by atoms with Crippen molar-refractivity contribution in [3.8, 4) is 5.75 Å². The Bertz CT molecular complexity index is 384. The van der Waals surface area contributed by atoms with Crippen molar-refractivity contribution < 1.29 is 14.6 Å². The molecule has 1 aliphatic heterocycles. The Labute approximate surface area is 88.7 Å². The summed E-state index contributed by atoms with van der Waals surface area (Å²) in [7, 11) is 0. The summed E-state index contributed by atoms with van der Waals surface area (Å²) in [6.07, 6.45) is 0.989. The maximum Gasteiger partial charge on any atom is 0.303 e. The molecule has 0 saturated heterocycles. The van der Waals surface area contributed by atoms with Crippen LogP contribution in [-0.4, -0.2) is 17.7 Å². The van der Waals surface area contributed by atoms with Crippen LogP contribution in [0.4, 0.5) is 0 Å². The smallest absolute Gasteiger partial charge is 0.303 e. The summed E-state index contributed by atoms with van der Waals surface area (Å²) in [6.45, 7) is 2.61. The summed E-state index contributed by atoms with van der Waals surface area (Å²) in [5.41, 5.74) is 2.13. The van der Waals surface area contributed by atoms with Crippen LogP contribution in [0.5, 0.6) is 5.75 Å². The summed E-state index contributed by atoms with van der Waals surface area (Å²) in [5.74, 6) is 0.246. The first-order valence-electron chi connectivity index (χ1n) is 5.12. The van der Waals surface area contributed by atoms with Crippen molar-refractivity contribution in [2.75, 3.05) is 6.61 Å². The number of aryl methyl sites for hydroxylation is 1. The van der Waals surface area contributed by atoms with Gasteiger partial charge in [-0.3, -0.25) is 4.79 Å². The zero-order valence-corrected chi connectivity index (χ0v) is 8.69. The van der Waals surface area contributed by atoms with E-state index in [0.29, 0.717) is 6.61 Å². The van der Waals surface area contributed by atoms with Gasteiger partial charge in [0.15, 0.2) is 0 Å². The summed E-state index contributed by atoms with van der Waals surface area (Å²) < 4.78 is 5.57. The molecule has 1 unspecified atom stereocenters. The van der Waals surface area contributed by atoms with Gasteiger partial charge in [-0.05, 0) is 24.5 Å². The molecule has 0 spiro atoms. The minimum Gasteiger partial charge on any atom is -0.493 e. The third-order valence-electron chi connectivity index (χ3n) is 2.82. The molecule has 0 aromatic heterocycles. The molecule has 0 fully saturated rings. The van der Waals surface area contributed by atoms with Crippen molar-refractivity contribution in [1.82, 2.24) is 0 Å². The molecule has 1 aromatic rings. The molecule has 0 aliphatic carbocycles. The highest BCUT2D eigenvalue weighted by Crippen LogP contribution is 2.37. The number of carboxylic acid groups (broad SMARTS) is 1. The van der Waals surface area contributed by atoms with Gasteiger partial charge in [0.2, 0.25) is 0 Å². The Balaban J connectivity index is 2.34. The average molecular weight is 206 g/mol. The number of benzene rings is 1. The maximum absolute atomic E-state index is 10.7. The second-order valence-electron chi connectivity index (χ2n) is 3.93. The van der Waals surface area contributed by atoms with Gasteiger partial charge in [-0.2, -0.15) is 0 Å². The van der Waals surface area contributed by atoms with E-state index in [1.807, 2.05) is 25.1 Å². The number of carboxylic acids is 1. The molecule has 0 saturated carbocycles. The largest absolute Gasteiger partial charge is 0.493 e. The van der Waals surface area contributed by atoms with Gasteiger partial charge in [0.1, 0.15) is 5.75 Å². The summed E-state index contributed by atoms with van der Waals surface area (Å²) >= 11 is 0. The number of ether oxygens (including phenoxy) is 1. The highest BCUT2D eigenvalue weighted by Gasteiger charge is 2.24. The molecule has 1 aromatic carbocycles. The molecular weight excluding hydrogens is 192 g/mol. The molecule has 1 N–H and O–H groups in total. The van der Waals surface area contributed by atoms with Crippen molar-refractivity contribution in [2.45, 2.75) is 25.7 Å². The van der Waals surface area contributed by atoms with E-state index in [1.54, 1.807) is 0 Å². The molecule has 3 heteroatoms. The lowest BCUT2D eigenvalue weighted by Crippen LogP contribution is -2.17. The van der Waals surface area contributed by atoms with Crippen LogP contribution in [0.2, 0.25) is 0 Å². The van der Waals surface area contributed by atoms with Crippen molar-refractivity contribution in [3.63, 3.8) is 0 Å². The molecule has 1 heterocycles. The molecular formula is C12H14O3. The van der Waals surface area contributed by atoms with Crippen LogP contribution < -0.4 is 4.74 Å². The Morgan fingerprint density at radius 2 is 2.40 bits per heavy atom. The Kier molecular flexibility index (Phi) is 2.62. The number of carbonyl (C=O) groups is 1. The SMILES string of the molecule is Cc1cccc2c1OCCC2CC(=O)O. The van der Waals surface area contributed by atoms with Crippen LogP contribution in [0.15, 0.2) is 18.2 Å². The highest BCUT2D eigenvalue weighted by molar-refractivity contribution is 5.68. The lowest BCUT2D eigenvalue weighted by molar-refractivity contribution is -0.137. The van der Waals surface area contributed by atoms with Gasteiger partial charge in [0.05, 0.1) is 13.0 Å². The van der Waals surface area contributed by atoms with Gasteiger partial charge in [0, 0.05) is 5.92 Å². The average Bonchev–Trinajstić information content (AvgIpc) is 2.19. The lowest BCUT2D eigenvalue weighted by Gasteiger charge is -2.26. The maximum atomic E-state index is 10.7. The first-order chi connectivity index (χ1) is 7.18. The van der Waals surface area contributed by atoms with Crippen LogP contribution in [0.25, 0.3) is 0 Å². The van der Waals surface area contributed by atoms with Gasteiger partial charge in [-0.15, -0.1) is 0 Å². The van der Waals surface area contributed by atoms with Gasteiger partial charge < -0.3 is 9.84 Å². The summed E-state index contributed by atoms with van der Waals surface area (Å²) in [4.78, 5) is 10.7. The van der Waals surface area contributed by atoms with Crippen LogP contribution in [0.3, 0.4) is 0 Å². The highest BCUT2D eigenvalue weighted by atomic mass is 16.5. The lowest BCUT2D eigenvalue weighted by atomic mass is 9.89. The van der Waals surface area contributed by atoms with Gasteiger partial charge in [-0.25, -0.2) is 0 Å². The van der Waals surface area contributed by atoms with Crippen LogP contribution in [0, 0.1) is 6.92 Å². The number of rotatable bonds is 2. The third-order valence-corrected chi connectivity index (χ3v) is 2.82. The second kappa shape index (κ2) is 3.93. The normalized spacial score (nSPS) is 19.1. The predicted molar refractivity (Wildman–Crippen MR) is 56.3 cm³/mol. The predicted octanol–water partition coefficient (Wildman–Crippen LogP) is 2.34. The van der Waals surface area contributed by atoms with Crippen LogP contribution in [0.1, 0.15) is 29.9 Å². The molecule has 0 radical (unpaired) electrons. The summed E-state index contributed by atoms with van der Waals surface area (Å²) in [6, 6.07) is 5.91. The molecule has 80 valence electrons. The fourth-order valence-electron chi connectivity index (χ4n) is 2.08. The molecule has 1 atom stereocenters. The van der Waals surface area contributed by atoms with Crippen LogP contribution >= 0.6 is 0 Å². The van der Waals surface area contributed by atoms with E-state index in [-0.39, 0.29) is 12.3 Å². The minimum atomic E-state index is -0.741. The standard InChI is InChI=1S/C12H14O3/c1-8-3-2-4-10-9(7-11(13)14)5-6-15-12(8)10/h2-4,9H,5-7H2,1H3,(H,13,14). The van der Waals surface area contributed by atoms with Gasteiger partial charge in [0.25, 0.3) is 0 Å². The number of fused-ring (bicyclic) bond motifs is 1. The minimum absolute atomic E-state index is 0.103. The van der Waals surface area contributed by atoms with Gasteiger partial charge >= 0.3 is 5.97 Å². The third kappa shape index (κ3) is 1.96.